The number of nitrogens with zero attached hydrogens (tertiary/aromatic N) is 3. The fourth-order valence-corrected chi connectivity index (χ4v) is 3.37. The van der Waals surface area contributed by atoms with Gasteiger partial charge in [0.05, 0.1) is 6.10 Å². The van der Waals surface area contributed by atoms with E-state index in [1.807, 2.05) is 49.1 Å². The lowest BCUT2D eigenvalue weighted by molar-refractivity contribution is 0.00211. The Kier molecular flexibility index (Phi) is 5.99. The first-order valence-electron chi connectivity index (χ1n) is 9.40. The molecule has 1 saturated heterocycles. The number of ether oxygens (including phenoxy) is 1. The maximum absolute atomic E-state index is 13.0. The van der Waals surface area contributed by atoms with Gasteiger partial charge in [-0.25, -0.2) is 9.97 Å². The number of carbonyl (C=O) groups excluding carboxylic acids is 1. The Bertz CT molecular complexity index is 755. The Morgan fingerprint density at radius 3 is 2.73 bits per heavy atom. The molecule has 0 saturated carbocycles. The second-order valence-corrected chi connectivity index (χ2v) is 6.94. The summed E-state index contributed by atoms with van der Waals surface area (Å²) < 4.78 is 5.85. The molecule has 1 aliphatic heterocycles. The zero-order valence-electron chi connectivity index (χ0n) is 15.9. The maximum Gasteiger partial charge on any atom is 0.253 e. The predicted molar refractivity (Wildman–Crippen MR) is 102 cm³/mol. The molecule has 0 spiro atoms. The smallest absolute Gasteiger partial charge is 0.253 e. The van der Waals surface area contributed by atoms with Crippen LogP contribution in [0.4, 0.5) is 0 Å². The number of hydrogen-bond donors (Lipinski definition) is 0. The molecule has 26 heavy (non-hydrogen) atoms. The topological polar surface area (TPSA) is 55.3 Å². The lowest BCUT2D eigenvalue weighted by Gasteiger charge is -2.32. The van der Waals surface area contributed by atoms with Gasteiger partial charge in [-0.2, -0.15) is 0 Å². The van der Waals surface area contributed by atoms with Gasteiger partial charge in [-0.15, -0.1) is 0 Å². The van der Waals surface area contributed by atoms with E-state index in [0.29, 0.717) is 17.9 Å². The van der Waals surface area contributed by atoms with Crippen molar-refractivity contribution in [2.24, 2.45) is 0 Å². The molecule has 0 bridgehead atoms. The molecular formula is C21H27N3O2. The fourth-order valence-electron chi connectivity index (χ4n) is 3.37. The van der Waals surface area contributed by atoms with Crippen LogP contribution in [-0.4, -0.2) is 46.6 Å². The van der Waals surface area contributed by atoms with E-state index in [-0.39, 0.29) is 12.0 Å². The Morgan fingerprint density at radius 2 is 2.00 bits per heavy atom. The van der Waals surface area contributed by atoms with E-state index in [2.05, 4.69) is 16.9 Å². The van der Waals surface area contributed by atoms with E-state index in [0.717, 1.165) is 49.4 Å². The normalized spacial score (nSPS) is 17.3. The summed E-state index contributed by atoms with van der Waals surface area (Å²) >= 11 is 0. The molecule has 1 aliphatic rings. The van der Waals surface area contributed by atoms with Crippen molar-refractivity contribution < 1.29 is 9.53 Å². The maximum atomic E-state index is 13.0. The highest BCUT2D eigenvalue weighted by Gasteiger charge is 2.25. The van der Waals surface area contributed by atoms with Crippen LogP contribution in [0.15, 0.2) is 30.3 Å². The van der Waals surface area contributed by atoms with Crippen LogP contribution in [0.1, 0.15) is 47.9 Å². The molecule has 5 nitrogen and oxygen atoms in total. The van der Waals surface area contributed by atoms with Gasteiger partial charge in [0.1, 0.15) is 0 Å². The van der Waals surface area contributed by atoms with Gasteiger partial charge in [0.2, 0.25) is 0 Å². The molecule has 0 N–H and O–H groups in total. The lowest BCUT2D eigenvalue weighted by Crippen LogP contribution is -2.43. The average molecular weight is 353 g/mol. The first kappa shape index (κ1) is 18.5. The summed E-state index contributed by atoms with van der Waals surface area (Å²) in [6.45, 7) is 8.23. The highest BCUT2D eigenvalue weighted by atomic mass is 16.5. The minimum atomic E-state index is 0.0565. The van der Waals surface area contributed by atoms with E-state index >= 15 is 0 Å². The standard InChI is InChI=1S/C21H27N3O2/c1-4-11-26-19-9-6-10-24(14-19)21(25)18-8-5-7-17(13-18)20-22-15(2)12-16(3)23-20/h5,7-8,12-13,19H,4,6,9-11,14H2,1-3H3. The van der Waals surface area contributed by atoms with Gasteiger partial charge in [0.15, 0.2) is 5.82 Å². The summed E-state index contributed by atoms with van der Waals surface area (Å²) in [6.07, 6.45) is 3.17. The summed E-state index contributed by atoms with van der Waals surface area (Å²) in [4.78, 5) is 23.9. The monoisotopic (exact) mass is 353 g/mol. The van der Waals surface area contributed by atoms with Gasteiger partial charge in [-0.05, 0) is 51.3 Å². The zero-order valence-corrected chi connectivity index (χ0v) is 15.9. The summed E-state index contributed by atoms with van der Waals surface area (Å²) in [5.74, 6) is 0.723. The van der Waals surface area contributed by atoms with Gasteiger partial charge in [-0.3, -0.25) is 4.79 Å². The summed E-state index contributed by atoms with van der Waals surface area (Å²) in [5, 5.41) is 0. The Hall–Kier alpha value is -2.27. The van der Waals surface area contributed by atoms with Crippen LogP contribution in [0.3, 0.4) is 0 Å². The van der Waals surface area contributed by atoms with Gasteiger partial charge >= 0.3 is 0 Å². The van der Waals surface area contributed by atoms with Crippen LogP contribution < -0.4 is 0 Å². The van der Waals surface area contributed by atoms with Crippen molar-refractivity contribution in [1.29, 1.82) is 0 Å². The third-order valence-electron chi connectivity index (χ3n) is 4.57. The van der Waals surface area contributed by atoms with Gasteiger partial charge < -0.3 is 9.64 Å². The number of rotatable bonds is 5. The molecule has 3 rings (SSSR count). The van der Waals surface area contributed by atoms with Gasteiger partial charge in [0, 0.05) is 42.2 Å². The molecule has 138 valence electrons. The van der Waals surface area contributed by atoms with Crippen LogP contribution in [0.2, 0.25) is 0 Å². The second kappa shape index (κ2) is 8.41. The molecule has 1 amide bonds. The number of amides is 1. The van der Waals surface area contributed by atoms with Crippen LogP contribution in [0.25, 0.3) is 11.4 Å². The van der Waals surface area contributed by atoms with Crippen LogP contribution >= 0.6 is 0 Å². The Morgan fingerprint density at radius 1 is 1.23 bits per heavy atom. The largest absolute Gasteiger partial charge is 0.376 e. The van der Waals surface area contributed by atoms with Crippen molar-refractivity contribution in [3.8, 4) is 11.4 Å². The number of piperidine rings is 1. The molecule has 5 heteroatoms. The quantitative estimate of drug-likeness (QED) is 0.820. The fraction of sp³-hybridized carbons (Fsp3) is 0.476. The van der Waals surface area contributed by atoms with Crippen molar-refractivity contribution in [1.82, 2.24) is 14.9 Å². The molecule has 1 fully saturated rings. The van der Waals surface area contributed by atoms with Crippen molar-refractivity contribution in [3.05, 3.63) is 47.3 Å². The Balaban J connectivity index is 1.78. The van der Waals surface area contributed by atoms with E-state index in [4.69, 9.17) is 4.74 Å². The van der Waals surface area contributed by atoms with E-state index < -0.39 is 0 Å². The molecule has 1 unspecified atom stereocenters. The number of aryl methyl sites for hydroxylation is 2. The molecule has 1 atom stereocenters. The third kappa shape index (κ3) is 4.47. The minimum absolute atomic E-state index is 0.0565. The molecule has 0 radical (unpaired) electrons. The number of benzene rings is 1. The van der Waals surface area contributed by atoms with E-state index in [1.165, 1.54) is 0 Å². The number of likely N-dealkylation sites (tertiary alicyclic amines) is 1. The van der Waals surface area contributed by atoms with Crippen molar-refractivity contribution in [2.45, 2.75) is 46.1 Å². The minimum Gasteiger partial charge on any atom is -0.376 e. The van der Waals surface area contributed by atoms with Crippen LogP contribution in [0, 0.1) is 13.8 Å². The molecule has 0 aliphatic carbocycles. The Labute approximate surface area is 155 Å². The van der Waals surface area contributed by atoms with Crippen LogP contribution in [-0.2, 0) is 4.74 Å². The van der Waals surface area contributed by atoms with Gasteiger partial charge in [0.25, 0.3) is 5.91 Å². The SMILES string of the molecule is CCCOC1CCCN(C(=O)c2cccc(-c3nc(C)cc(C)n3)c2)C1. The average Bonchev–Trinajstić information content (AvgIpc) is 2.65. The van der Waals surface area contributed by atoms with E-state index in [9.17, 15) is 4.79 Å². The first-order valence-corrected chi connectivity index (χ1v) is 9.40. The van der Waals surface area contributed by atoms with E-state index in [1.54, 1.807) is 0 Å². The van der Waals surface area contributed by atoms with Crippen molar-refractivity contribution >= 4 is 5.91 Å². The highest BCUT2D eigenvalue weighted by Crippen LogP contribution is 2.21. The van der Waals surface area contributed by atoms with Crippen molar-refractivity contribution in [2.75, 3.05) is 19.7 Å². The number of aromatic nitrogens is 2. The van der Waals surface area contributed by atoms with Crippen LogP contribution in [0.5, 0.6) is 0 Å². The van der Waals surface area contributed by atoms with Gasteiger partial charge in [-0.1, -0.05) is 19.1 Å². The molecule has 2 heterocycles. The summed E-state index contributed by atoms with van der Waals surface area (Å²) in [7, 11) is 0. The predicted octanol–water partition coefficient (Wildman–Crippen LogP) is 3.79. The summed E-state index contributed by atoms with van der Waals surface area (Å²) in [5.41, 5.74) is 3.41. The summed E-state index contributed by atoms with van der Waals surface area (Å²) in [6, 6.07) is 9.56. The number of carbonyl (C=O) groups is 1. The second-order valence-electron chi connectivity index (χ2n) is 6.94. The lowest BCUT2D eigenvalue weighted by atomic mass is 10.0. The first-order chi connectivity index (χ1) is 12.6. The molecule has 1 aromatic carbocycles. The highest BCUT2D eigenvalue weighted by molar-refractivity contribution is 5.95. The number of hydrogen-bond acceptors (Lipinski definition) is 4. The third-order valence-corrected chi connectivity index (χ3v) is 4.57. The molecule has 2 aromatic rings. The van der Waals surface area contributed by atoms with Crippen molar-refractivity contribution in [3.63, 3.8) is 0 Å². The zero-order chi connectivity index (χ0) is 18.5. The molecule has 1 aromatic heterocycles. The molecular weight excluding hydrogens is 326 g/mol.